The predicted molar refractivity (Wildman–Crippen MR) is 235 cm³/mol. The molecular weight excluding hydrogens is 681 g/mol. The van der Waals surface area contributed by atoms with E-state index in [0.717, 1.165) is 60.9 Å². The summed E-state index contributed by atoms with van der Waals surface area (Å²) in [6.07, 6.45) is 0. The van der Waals surface area contributed by atoms with Gasteiger partial charge in [-0.15, -0.1) is 0 Å². The van der Waals surface area contributed by atoms with Gasteiger partial charge in [-0.25, -0.2) is 0 Å². The van der Waals surface area contributed by atoms with Crippen molar-refractivity contribution in [1.29, 1.82) is 0 Å². The number of para-hydroxylation sites is 1. The molecule has 260 valence electrons. The van der Waals surface area contributed by atoms with Crippen molar-refractivity contribution in [2.75, 3.05) is 0 Å². The zero-order valence-corrected chi connectivity index (χ0v) is 30.3. The number of hydrogen-bond donors (Lipinski definition) is 0. The molecule has 0 aliphatic carbocycles. The lowest BCUT2D eigenvalue weighted by Crippen LogP contribution is -1.92. The molecule has 0 bridgehead atoms. The monoisotopic (exact) mass is 712 g/mol. The molecule has 0 amide bonds. The van der Waals surface area contributed by atoms with Crippen LogP contribution in [0.5, 0.6) is 0 Å². The molecule has 2 heterocycles. The van der Waals surface area contributed by atoms with Crippen molar-refractivity contribution >= 4 is 76.0 Å². The number of furan rings is 2. The highest BCUT2D eigenvalue weighted by atomic mass is 16.3. The third kappa shape index (κ3) is 4.50. The van der Waals surface area contributed by atoms with E-state index in [9.17, 15) is 0 Å². The molecule has 0 aliphatic heterocycles. The first-order chi connectivity index (χ1) is 27.8. The van der Waals surface area contributed by atoms with E-state index in [1.165, 1.54) is 59.8 Å². The summed E-state index contributed by atoms with van der Waals surface area (Å²) in [4.78, 5) is 0. The van der Waals surface area contributed by atoms with E-state index in [1.54, 1.807) is 0 Å². The molecule has 12 rings (SSSR count). The Labute approximate surface area is 322 Å². The first-order valence-corrected chi connectivity index (χ1v) is 19.2. The van der Waals surface area contributed by atoms with E-state index in [0.29, 0.717) is 0 Å². The minimum atomic E-state index is 0.804. The maximum atomic E-state index is 6.97. The highest BCUT2D eigenvalue weighted by Crippen LogP contribution is 2.49. The van der Waals surface area contributed by atoms with E-state index < -0.39 is 0 Å². The van der Waals surface area contributed by atoms with Crippen molar-refractivity contribution < 1.29 is 8.83 Å². The van der Waals surface area contributed by atoms with Gasteiger partial charge in [0.05, 0.1) is 0 Å². The Bertz CT molecular complexity index is 3460. The van der Waals surface area contributed by atoms with Crippen molar-refractivity contribution in [3.63, 3.8) is 0 Å². The molecule has 0 radical (unpaired) electrons. The predicted octanol–water partition coefficient (Wildman–Crippen LogP) is 15.6. The normalized spacial score (nSPS) is 11.9. The number of hydrogen-bond acceptors (Lipinski definition) is 2. The van der Waals surface area contributed by atoms with Crippen LogP contribution in [0.15, 0.2) is 203 Å². The topological polar surface area (TPSA) is 26.3 Å². The van der Waals surface area contributed by atoms with E-state index in [1.807, 2.05) is 6.07 Å². The zero-order valence-electron chi connectivity index (χ0n) is 30.3. The third-order valence-electron chi connectivity index (χ3n) is 11.6. The summed E-state index contributed by atoms with van der Waals surface area (Å²) in [7, 11) is 0. The Balaban J connectivity index is 1.15. The first kappa shape index (κ1) is 31.0. The van der Waals surface area contributed by atoms with E-state index >= 15 is 0 Å². The molecule has 56 heavy (non-hydrogen) atoms. The molecule has 0 saturated heterocycles. The summed E-state index contributed by atoms with van der Waals surface area (Å²) in [5, 5.41) is 13.1. The second-order valence-electron chi connectivity index (χ2n) is 14.7. The van der Waals surface area contributed by atoms with Crippen LogP contribution in [-0.4, -0.2) is 0 Å². The van der Waals surface area contributed by atoms with Crippen LogP contribution in [0.2, 0.25) is 0 Å². The van der Waals surface area contributed by atoms with Crippen LogP contribution >= 0.6 is 0 Å². The smallest absolute Gasteiger partial charge is 0.143 e. The highest BCUT2D eigenvalue weighted by molar-refractivity contribution is 6.27. The van der Waals surface area contributed by atoms with Gasteiger partial charge in [-0.1, -0.05) is 176 Å². The fourth-order valence-corrected chi connectivity index (χ4v) is 9.24. The lowest BCUT2D eigenvalue weighted by atomic mass is 9.83. The van der Waals surface area contributed by atoms with Gasteiger partial charge in [-0.2, -0.15) is 0 Å². The standard InChI is InChI=1S/C54H32O2/c1-3-16-33(17-4-1)50-47-31-45-43-28-15-29-44(54(43)56-48(45)32-49(47)55-53(50)34-18-5-2-6-19-34)51-39-24-11-13-26-41(39)52(42-27-14-12-25-40(42)51)46-30-35-20-7-8-21-36(35)37-22-9-10-23-38(37)46/h1-32H. The van der Waals surface area contributed by atoms with Crippen LogP contribution in [0, 0.1) is 0 Å². The molecule has 0 N–H and O–H groups in total. The summed E-state index contributed by atoms with van der Waals surface area (Å²) >= 11 is 0. The van der Waals surface area contributed by atoms with Crippen LogP contribution in [0.1, 0.15) is 0 Å². The SMILES string of the molecule is c1ccc(-c2oc3cc4oc5c(-c6c7ccccc7c(-c7cc8ccccc8c8ccccc78)c7ccccc67)cccc5c4cc3c2-c2ccccc2)cc1. The molecule has 0 saturated carbocycles. The second-order valence-corrected chi connectivity index (χ2v) is 14.7. The van der Waals surface area contributed by atoms with Crippen LogP contribution in [0.4, 0.5) is 0 Å². The van der Waals surface area contributed by atoms with E-state index in [-0.39, 0.29) is 0 Å². The summed E-state index contributed by atoms with van der Waals surface area (Å²) < 4.78 is 13.7. The molecular formula is C54H32O2. The van der Waals surface area contributed by atoms with Crippen molar-refractivity contribution in [3.8, 4) is 44.7 Å². The van der Waals surface area contributed by atoms with Crippen molar-refractivity contribution in [1.82, 2.24) is 0 Å². The molecule has 0 fully saturated rings. The summed E-state index contributed by atoms with van der Waals surface area (Å²) in [6.45, 7) is 0. The fourth-order valence-electron chi connectivity index (χ4n) is 9.24. The minimum Gasteiger partial charge on any atom is -0.455 e. The van der Waals surface area contributed by atoms with Gasteiger partial charge in [0.2, 0.25) is 0 Å². The summed E-state index contributed by atoms with van der Waals surface area (Å²) in [6, 6.07) is 69.6. The molecule has 0 aliphatic rings. The van der Waals surface area contributed by atoms with Gasteiger partial charge >= 0.3 is 0 Å². The molecule has 2 heteroatoms. The van der Waals surface area contributed by atoms with Crippen LogP contribution < -0.4 is 0 Å². The maximum Gasteiger partial charge on any atom is 0.143 e. The third-order valence-corrected chi connectivity index (χ3v) is 11.6. The minimum absolute atomic E-state index is 0.804. The molecule has 0 atom stereocenters. The van der Waals surface area contributed by atoms with Crippen LogP contribution in [-0.2, 0) is 0 Å². The lowest BCUT2D eigenvalue weighted by Gasteiger charge is -2.19. The summed E-state index contributed by atoms with van der Waals surface area (Å²) in [5.41, 5.74) is 10.5. The molecule has 10 aromatic carbocycles. The quantitative estimate of drug-likeness (QED) is 0.134. The number of rotatable bonds is 4. The fraction of sp³-hybridized carbons (Fsp3) is 0. The Morgan fingerprint density at radius 3 is 1.46 bits per heavy atom. The number of benzene rings is 10. The van der Waals surface area contributed by atoms with E-state index in [4.69, 9.17) is 8.83 Å². The van der Waals surface area contributed by atoms with Crippen molar-refractivity contribution in [3.05, 3.63) is 194 Å². The largest absolute Gasteiger partial charge is 0.455 e. The zero-order chi connectivity index (χ0) is 36.7. The van der Waals surface area contributed by atoms with Gasteiger partial charge in [0, 0.05) is 44.5 Å². The molecule has 0 spiro atoms. The average Bonchev–Trinajstić information content (AvgIpc) is 3.83. The Hall–Kier alpha value is -7.42. The van der Waals surface area contributed by atoms with Gasteiger partial charge in [-0.3, -0.25) is 0 Å². The molecule has 2 nitrogen and oxygen atoms in total. The van der Waals surface area contributed by atoms with Crippen LogP contribution in [0.25, 0.3) is 121 Å². The maximum absolute atomic E-state index is 6.97. The van der Waals surface area contributed by atoms with Gasteiger partial charge in [0.1, 0.15) is 22.5 Å². The van der Waals surface area contributed by atoms with Crippen molar-refractivity contribution in [2.24, 2.45) is 0 Å². The number of fused-ring (bicyclic) bond motifs is 9. The second kappa shape index (κ2) is 12.0. The molecule has 12 aromatic rings. The average molecular weight is 713 g/mol. The van der Waals surface area contributed by atoms with E-state index in [2.05, 4.69) is 188 Å². The van der Waals surface area contributed by atoms with Gasteiger partial charge in [-0.05, 0) is 71.9 Å². The molecule has 0 unspecified atom stereocenters. The van der Waals surface area contributed by atoms with Gasteiger partial charge in [0.15, 0.2) is 0 Å². The first-order valence-electron chi connectivity index (χ1n) is 19.2. The lowest BCUT2D eigenvalue weighted by molar-refractivity contribution is 0.629. The highest BCUT2D eigenvalue weighted by Gasteiger charge is 2.24. The Morgan fingerprint density at radius 2 is 0.786 bits per heavy atom. The Morgan fingerprint density at radius 1 is 0.268 bits per heavy atom. The summed E-state index contributed by atoms with van der Waals surface area (Å²) in [5.74, 6) is 0.863. The van der Waals surface area contributed by atoms with Crippen molar-refractivity contribution in [2.45, 2.75) is 0 Å². The Kier molecular flexibility index (Phi) is 6.66. The van der Waals surface area contributed by atoms with Crippen LogP contribution in [0.3, 0.4) is 0 Å². The van der Waals surface area contributed by atoms with Gasteiger partial charge in [0.25, 0.3) is 0 Å². The molecule has 2 aromatic heterocycles. The van der Waals surface area contributed by atoms with Gasteiger partial charge < -0.3 is 8.83 Å².